The van der Waals surface area contributed by atoms with Crippen molar-refractivity contribution in [1.82, 2.24) is 14.9 Å². The van der Waals surface area contributed by atoms with Crippen LogP contribution in [-0.2, 0) is 13.2 Å². The van der Waals surface area contributed by atoms with Gasteiger partial charge < -0.3 is 14.6 Å². The Balaban J connectivity index is 1.52. The van der Waals surface area contributed by atoms with Crippen molar-refractivity contribution < 1.29 is 18.4 Å². The first-order valence-corrected chi connectivity index (χ1v) is 11.0. The van der Waals surface area contributed by atoms with E-state index in [4.69, 9.17) is 20.9 Å². The summed E-state index contributed by atoms with van der Waals surface area (Å²) in [7, 11) is 0. The molecule has 0 radical (unpaired) electrons. The molecule has 2 heterocycles. The van der Waals surface area contributed by atoms with Gasteiger partial charge in [0.05, 0.1) is 29.2 Å². The summed E-state index contributed by atoms with van der Waals surface area (Å²) in [6.07, 6.45) is 0. The Morgan fingerprint density at radius 3 is 2.71 bits per heavy atom. The maximum atomic E-state index is 13.4. The molecule has 2 aromatic carbocycles. The number of nitrogens with zero attached hydrogens (tertiary/aromatic N) is 3. The first-order chi connectivity index (χ1) is 16.2. The van der Waals surface area contributed by atoms with Crippen molar-refractivity contribution in [2.75, 3.05) is 5.32 Å². The lowest BCUT2D eigenvalue weighted by molar-refractivity contribution is 0.101. The van der Waals surface area contributed by atoms with E-state index in [9.17, 15) is 9.18 Å². The van der Waals surface area contributed by atoms with E-state index in [1.54, 1.807) is 24.6 Å². The Morgan fingerprint density at radius 1 is 1.18 bits per heavy atom. The van der Waals surface area contributed by atoms with E-state index < -0.39 is 11.7 Å². The van der Waals surface area contributed by atoms with Gasteiger partial charge >= 0.3 is 0 Å². The molecular formula is C25H24ClFN4O3. The molecule has 0 aliphatic rings. The van der Waals surface area contributed by atoms with Gasteiger partial charge in [0.25, 0.3) is 5.91 Å². The van der Waals surface area contributed by atoms with Crippen LogP contribution in [0.15, 0.2) is 47.0 Å². The largest absolute Gasteiger partial charge is 0.489 e. The fraction of sp³-hybridized carbons (Fsp3) is 0.240. The van der Waals surface area contributed by atoms with Crippen LogP contribution >= 0.6 is 11.6 Å². The number of anilines is 1. The van der Waals surface area contributed by atoms with Crippen molar-refractivity contribution in [3.05, 3.63) is 92.8 Å². The lowest BCUT2D eigenvalue weighted by atomic mass is 10.2. The average molecular weight is 483 g/mol. The third-order valence-electron chi connectivity index (χ3n) is 5.53. The average Bonchev–Trinajstić information content (AvgIpc) is 3.28. The fourth-order valence-corrected chi connectivity index (χ4v) is 3.84. The van der Waals surface area contributed by atoms with Crippen LogP contribution in [0.1, 0.15) is 44.3 Å². The van der Waals surface area contributed by atoms with Gasteiger partial charge in [-0.15, -0.1) is 0 Å². The van der Waals surface area contributed by atoms with Gasteiger partial charge in [-0.2, -0.15) is 5.10 Å². The van der Waals surface area contributed by atoms with Gasteiger partial charge in [-0.1, -0.05) is 35.0 Å². The summed E-state index contributed by atoms with van der Waals surface area (Å²) >= 11 is 6.16. The van der Waals surface area contributed by atoms with Gasteiger partial charge in [-0.05, 0) is 63.1 Å². The number of aromatic nitrogens is 3. The monoisotopic (exact) mass is 482 g/mol. The van der Waals surface area contributed by atoms with E-state index in [0.29, 0.717) is 45.6 Å². The van der Waals surface area contributed by atoms with Crippen molar-refractivity contribution in [1.29, 1.82) is 0 Å². The number of aryl methyl sites for hydroxylation is 3. The van der Waals surface area contributed by atoms with Gasteiger partial charge in [0.2, 0.25) is 0 Å². The lowest BCUT2D eigenvalue weighted by Gasteiger charge is -2.09. The van der Waals surface area contributed by atoms with Crippen LogP contribution < -0.4 is 10.1 Å². The van der Waals surface area contributed by atoms with Gasteiger partial charge in [0.1, 0.15) is 23.9 Å². The molecule has 0 saturated heterocycles. The second-order valence-corrected chi connectivity index (χ2v) is 8.47. The maximum absolute atomic E-state index is 13.4. The molecule has 1 amide bonds. The predicted octanol–water partition coefficient (Wildman–Crippen LogP) is 5.78. The van der Waals surface area contributed by atoms with Gasteiger partial charge in [0.15, 0.2) is 5.69 Å². The number of hydrogen-bond acceptors (Lipinski definition) is 5. The van der Waals surface area contributed by atoms with Gasteiger partial charge in [-0.25, -0.2) is 4.39 Å². The highest BCUT2D eigenvalue weighted by molar-refractivity contribution is 6.31. The fourth-order valence-electron chi connectivity index (χ4n) is 3.62. The van der Waals surface area contributed by atoms with E-state index in [1.807, 2.05) is 38.1 Å². The van der Waals surface area contributed by atoms with E-state index >= 15 is 0 Å². The Kier molecular flexibility index (Phi) is 6.70. The number of ether oxygens (including phenoxy) is 1. The molecule has 7 nitrogen and oxygen atoms in total. The van der Waals surface area contributed by atoms with Crippen LogP contribution in [0.25, 0.3) is 0 Å². The van der Waals surface area contributed by atoms with Crippen molar-refractivity contribution in [3.63, 3.8) is 0 Å². The molecule has 0 unspecified atom stereocenters. The summed E-state index contributed by atoms with van der Waals surface area (Å²) in [5.41, 5.74) is 4.43. The number of rotatable bonds is 7. The molecule has 176 valence electrons. The SMILES string of the molecule is Cc1cccc(OCc2c(C(=O)Nc3c(C)nn(Cc4ccc(F)cc4Cl)c3C)noc2C)c1. The molecule has 1 N–H and O–H groups in total. The maximum Gasteiger partial charge on any atom is 0.278 e. The zero-order valence-corrected chi connectivity index (χ0v) is 20.0. The quantitative estimate of drug-likeness (QED) is 0.361. The van der Waals surface area contributed by atoms with Crippen LogP contribution in [-0.4, -0.2) is 20.8 Å². The second-order valence-electron chi connectivity index (χ2n) is 8.06. The molecule has 2 aromatic heterocycles. The smallest absolute Gasteiger partial charge is 0.278 e. The molecule has 0 bridgehead atoms. The molecule has 4 aromatic rings. The minimum Gasteiger partial charge on any atom is -0.489 e. The summed E-state index contributed by atoms with van der Waals surface area (Å²) in [5, 5.41) is 11.7. The summed E-state index contributed by atoms with van der Waals surface area (Å²) in [6, 6.07) is 11.9. The van der Waals surface area contributed by atoms with Crippen LogP contribution in [0.3, 0.4) is 0 Å². The molecule has 0 aliphatic carbocycles. The predicted molar refractivity (Wildman–Crippen MR) is 127 cm³/mol. The van der Waals surface area contributed by atoms with Crippen LogP contribution in [0.5, 0.6) is 5.75 Å². The highest BCUT2D eigenvalue weighted by atomic mass is 35.5. The van der Waals surface area contributed by atoms with E-state index in [2.05, 4.69) is 15.6 Å². The minimum absolute atomic E-state index is 0.141. The topological polar surface area (TPSA) is 82.2 Å². The number of carbonyl (C=O) groups is 1. The number of hydrogen-bond donors (Lipinski definition) is 1. The number of benzene rings is 2. The van der Waals surface area contributed by atoms with Crippen molar-refractivity contribution >= 4 is 23.2 Å². The Hall–Kier alpha value is -3.65. The molecule has 34 heavy (non-hydrogen) atoms. The van der Waals surface area contributed by atoms with Gasteiger partial charge in [0, 0.05) is 5.02 Å². The highest BCUT2D eigenvalue weighted by Crippen LogP contribution is 2.25. The zero-order chi connectivity index (χ0) is 24.4. The zero-order valence-electron chi connectivity index (χ0n) is 19.3. The first kappa shape index (κ1) is 23.5. The first-order valence-electron chi connectivity index (χ1n) is 10.7. The van der Waals surface area contributed by atoms with E-state index in [-0.39, 0.29) is 12.3 Å². The molecule has 0 aliphatic heterocycles. The third-order valence-corrected chi connectivity index (χ3v) is 5.88. The molecule has 4 rings (SSSR count). The van der Waals surface area contributed by atoms with Crippen LogP contribution in [0.2, 0.25) is 5.02 Å². The number of nitrogens with one attached hydrogen (secondary N) is 1. The normalized spacial score (nSPS) is 11.0. The molecule has 0 spiro atoms. The highest BCUT2D eigenvalue weighted by Gasteiger charge is 2.23. The second kappa shape index (κ2) is 9.69. The van der Waals surface area contributed by atoms with Crippen molar-refractivity contribution in [2.45, 2.75) is 40.8 Å². The minimum atomic E-state index is -0.426. The Morgan fingerprint density at radius 2 is 1.97 bits per heavy atom. The summed E-state index contributed by atoms with van der Waals surface area (Å²) < 4.78 is 26.2. The summed E-state index contributed by atoms with van der Waals surface area (Å²) in [4.78, 5) is 13.1. The number of carbonyl (C=O) groups excluding carboxylic acids is 1. The Bertz CT molecular complexity index is 1360. The standard InChI is InChI=1S/C25H24ClFN4O3/c1-14-6-5-7-20(10-14)33-13-21-17(4)34-30-24(21)25(32)28-23-15(2)29-31(16(23)3)12-18-8-9-19(27)11-22(18)26/h5-11H,12-13H2,1-4H3,(H,28,32). The number of amides is 1. The van der Waals surface area contributed by atoms with Gasteiger partial charge in [-0.3, -0.25) is 9.48 Å². The van der Waals surface area contributed by atoms with Crippen molar-refractivity contribution in [3.8, 4) is 5.75 Å². The van der Waals surface area contributed by atoms with E-state index in [1.165, 1.54) is 12.1 Å². The molecule has 0 atom stereocenters. The summed E-state index contributed by atoms with van der Waals surface area (Å²) in [5.74, 6) is 0.373. The Labute approximate surface area is 201 Å². The van der Waals surface area contributed by atoms with Crippen LogP contribution in [0, 0.1) is 33.5 Å². The number of halogens is 2. The lowest BCUT2D eigenvalue weighted by Crippen LogP contribution is -2.16. The molecule has 0 fully saturated rings. The molecule has 0 saturated carbocycles. The summed E-state index contributed by atoms with van der Waals surface area (Å²) in [6.45, 7) is 7.82. The van der Waals surface area contributed by atoms with E-state index in [0.717, 1.165) is 11.3 Å². The van der Waals surface area contributed by atoms with Crippen molar-refractivity contribution in [2.24, 2.45) is 0 Å². The third kappa shape index (κ3) is 4.97. The molecular weight excluding hydrogens is 459 g/mol. The molecule has 9 heteroatoms. The van der Waals surface area contributed by atoms with Crippen LogP contribution in [0.4, 0.5) is 10.1 Å².